The van der Waals surface area contributed by atoms with Crippen molar-refractivity contribution in [3.8, 4) is 0 Å². The number of aromatic nitrogens is 4. The van der Waals surface area contributed by atoms with E-state index in [1.165, 1.54) is 36.9 Å². The van der Waals surface area contributed by atoms with E-state index in [9.17, 15) is 5.11 Å². The van der Waals surface area contributed by atoms with Gasteiger partial charge in [-0.2, -0.15) is 19.9 Å². The summed E-state index contributed by atoms with van der Waals surface area (Å²) < 4.78 is 0. The number of nitrogens with one attached hydrogen (secondary N) is 2. The summed E-state index contributed by atoms with van der Waals surface area (Å²) >= 11 is 0. The smallest absolute Gasteiger partial charge is 0.223 e. The van der Waals surface area contributed by atoms with Crippen LogP contribution in [0.3, 0.4) is 0 Å². The number of hydrogen-bond donors (Lipinski definition) is 5. The van der Waals surface area contributed by atoms with Crippen molar-refractivity contribution in [2.45, 2.75) is 69.6 Å². The predicted octanol–water partition coefficient (Wildman–Crippen LogP) is 3.31. The first kappa shape index (κ1) is 25.4. The van der Waals surface area contributed by atoms with E-state index in [1.807, 2.05) is 19.1 Å². The minimum Gasteiger partial charge on any atom is -0.388 e. The van der Waals surface area contributed by atoms with Crippen LogP contribution in [-0.4, -0.2) is 62.4 Å². The van der Waals surface area contributed by atoms with Crippen LogP contribution in [0.4, 0.5) is 40.9 Å². The number of nitrogen functional groups attached to an aromatic ring is 2. The molecule has 2 aliphatic carbocycles. The molecule has 2 aromatic heterocycles. The van der Waals surface area contributed by atoms with Gasteiger partial charge in [0.15, 0.2) is 0 Å². The number of nitrogens with zero attached hydrogens (tertiary/aromatic N) is 6. The SMILES string of the molecule is C[C@@]1(O)CCN(c2cc(NC3CC3)nc(N)n2)C1.Nc1nc(NC2CC2)cc(N2CCCc3ccccc32)n1. The highest BCUT2D eigenvalue weighted by molar-refractivity contribution is 5.68. The molecule has 3 aromatic rings. The maximum Gasteiger partial charge on any atom is 0.223 e. The molecule has 4 aliphatic rings. The zero-order valence-corrected chi connectivity index (χ0v) is 22.5. The second-order valence-electron chi connectivity index (χ2n) is 11.3. The second kappa shape index (κ2) is 10.4. The van der Waals surface area contributed by atoms with Gasteiger partial charge in [-0.1, -0.05) is 18.2 Å². The fraction of sp³-hybridized carbons (Fsp3) is 0.500. The average molecular weight is 531 g/mol. The van der Waals surface area contributed by atoms with E-state index < -0.39 is 5.60 Å². The Kier molecular flexibility index (Phi) is 6.76. The van der Waals surface area contributed by atoms with Crippen LogP contribution in [0.15, 0.2) is 36.4 Å². The highest BCUT2D eigenvalue weighted by Crippen LogP contribution is 2.34. The molecule has 2 aliphatic heterocycles. The monoisotopic (exact) mass is 530 g/mol. The molecule has 11 nitrogen and oxygen atoms in total. The van der Waals surface area contributed by atoms with E-state index in [1.54, 1.807) is 0 Å². The largest absolute Gasteiger partial charge is 0.388 e. The van der Waals surface area contributed by atoms with Crippen molar-refractivity contribution in [1.29, 1.82) is 0 Å². The molecule has 1 aromatic carbocycles. The van der Waals surface area contributed by atoms with E-state index in [2.05, 4.69) is 64.6 Å². The Morgan fingerprint density at radius 2 is 1.49 bits per heavy atom. The van der Waals surface area contributed by atoms with E-state index in [-0.39, 0.29) is 5.95 Å². The van der Waals surface area contributed by atoms with Crippen LogP contribution in [0.5, 0.6) is 0 Å². The van der Waals surface area contributed by atoms with E-state index >= 15 is 0 Å². The van der Waals surface area contributed by atoms with Gasteiger partial charge in [0.2, 0.25) is 11.9 Å². The number of aryl methyl sites for hydroxylation is 1. The van der Waals surface area contributed by atoms with Crippen molar-refractivity contribution in [3.63, 3.8) is 0 Å². The lowest BCUT2D eigenvalue weighted by molar-refractivity contribution is 0.0839. The number of β-amino-alcohol motifs (C(OH)–C–C–N with tert-alkyl or cyclic N) is 1. The summed E-state index contributed by atoms with van der Waals surface area (Å²) in [6, 6.07) is 13.5. The number of nitrogens with two attached hydrogens (primary N) is 2. The van der Waals surface area contributed by atoms with E-state index in [4.69, 9.17) is 11.5 Å². The van der Waals surface area contributed by atoms with Crippen molar-refractivity contribution in [3.05, 3.63) is 42.0 Å². The topological polar surface area (TPSA) is 154 Å². The molecular weight excluding hydrogens is 492 g/mol. The van der Waals surface area contributed by atoms with Gasteiger partial charge in [-0.15, -0.1) is 0 Å². The first-order valence-electron chi connectivity index (χ1n) is 14.0. The molecule has 11 heteroatoms. The van der Waals surface area contributed by atoms with Gasteiger partial charge in [0.1, 0.15) is 23.3 Å². The third-order valence-electron chi connectivity index (χ3n) is 7.48. The van der Waals surface area contributed by atoms with Gasteiger partial charge >= 0.3 is 0 Å². The van der Waals surface area contributed by atoms with Crippen LogP contribution in [0.2, 0.25) is 0 Å². The number of rotatable bonds is 6. The number of para-hydroxylation sites is 1. The summed E-state index contributed by atoms with van der Waals surface area (Å²) in [5.41, 5.74) is 13.6. The Balaban J connectivity index is 0.000000144. The Labute approximate surface area is 229 Å². The molecule has 0 spiro atoms. The molecule has 0 unspecified atom stereocenters. The zero-order chi connectivity index (χ0) is 27.0. The van der Waals surface area contributed by atoms with Crippen LogP contribution in [-0.2, 0) is 6.42 Å². The Hall–Kier alpha value is -3.86. The number of fused-ring (bicyclic) bond motifs is 1. The van der Waals surface area contributed by atoms with Crippen LogP contribution >= 0.6 is 0 Å². The van der Waals surface area contributed by atoms with Crippen LogP contribution in [0.25, 0.3) is 0 Å². The third kappa shape index (κ3) is 6.42. The average Bonchev–Trinajstić information content (AvgIpc) is 3.84. The Bertz CT molecular complexity index is 1320. The van der Waals surface area contributed by atoms with Crippen molar-refractivity contribution < 1.29 is 5.11 Å². The molecule has 0 bridgehead atoms. The second-order valence-corrected chi connectivity index (χ2v) is 11.3. The van der Waals surface area contributed by atoms with Crippen molar-refractivity contribution in [1.82, 2.24) is 19.9 Å². The summed E-state index contributed by atoms with van der Waals surface area (Å²) in [6.07, 6.45) is 7.82. The number of hydrogen-bond acceptors (Lipinski definition) is 11. The standard InChI is InChI=1S/C16H19N5.C12H19N5O/c17-16-19-14(18-12-7-8-12)10-15(20-16)21-9-3-5-11-4-1-2-6-13(11)21;1-12(18)4-5-17(7-12)10-6-9(14-8-2-3-8)15-11(13)16-10/h1-2,4,6,10,12H,3,5,7-9H2,(H3,17,18,19,20);6,8,18H,2-5,7H2,1H3,(H3,13,14,15,16)/t;12-/m.1/s1. The minimum atomic E-state index is -0.635. The van der Waals surface area contributed by atoms with Gasteiger partial charge < -0.3 is 37.0 Å². The molecule has 1 saturated heterocycles. The Morgan fingerprint density at radius 1 is 0.872 bits per heavy atom. The lowest BCUT2D eigenvalue weighted by atomic mass is 10.0. The maximum absolute atomic E-state index is 9.99. The fourth-order valence-corrected chi connectivity index (χ4v) is 5.14. The van der Waals surface area contributed by atoms with Gasteiger partial charge in [-0.25, -0.2) is 0 Å². The quantitative estimate of drug-likeness (QED) is 0.319. The summed E-state index contributed by atoms with van der Waals surface area (Å²) in [7, 11) is 0. The number of anilines is 7. The summed E-state index contributed by atoms with van der Waals surface area (Å²) in [5.74, 6) is 3.91. The third-order valence-corrected chi connectivity index (χ3v) is 7.48. The lowest BCUT2D eigenvalue weighted by Gasteiger charge is -2.30. The summed E-state index contributed by atoms with van der Waals surface area (Å²) in [6.45, 7) is 4.20. The highest BCUT2D eigenvalue weighted by Gasteiger charge is 2.32. The maximum atomic E-state index is 9.99. The van der Waals surface area contributed by atoms with Crippen LogP contribution < -0.4 is 31.9 Å². The molecule has 7 rings (SSSR count). The first-order valence-corrected chi connectivity index (χ1v) is 14.0. The normalized spacial score (nSPS) is 22.1. The Morgan fingerprint density at radius 3 is 2.10 bits per heavy atom. The molecule has 2 saturated carbocycles. The van der Waals surface area contributed by atoms with Crippen molar-refractivity contribution >= 4 is 40.9 Å². The van der Waals surface area contributed by atoms with E-state index in [0.29, 0.717) is 24.6 Å². The molecular formula is C28H38N10O. The molecule has 3 fully saturated rings. The molecule has 206 valence electrons. The molecule has 7 N–H and O–H groups in total. The predicted molar refractivity (Wildman–Crippen MR) is 155 cm³/mol. The molecule has 39 heavy (non-hydrogen) atoms. The van der Waals surface area contributed by atoms with Gasteiger partial charge in [0.25, 0.3) is 0 Å². The lowest BCUT2D eigenvalue weighted by Crippen LogP contribution is -2.30. The van der Waals surface area contributed by atoms with E-state index in [0.717, 1.165) is 55.6 Å². The van der Waals surface area contributed by atoms with Crippen molar-refractivity contribution in [2.24, 2.45) is 0 Å². The summed E-state index contributed by atoms with van der Waals surface area (Å²) in [4.78, 5) is 21.5. The van der Waals surface area contributed by atoms with Gasteiger partial charge in [0, 0.05) is 49.5 Å². The zero-order valence-electron chi connectivity index (χ0n) is 22.5. The van der Waals surface area contributed by atoms with Gasteiger partial charge in [-0.05, 0) is 63.5 Å². The van der Waals surface area contributed by atoms with Gasteiger partial charge in [-0.3, -0.25) is 0 Å². The first-order chi connectivity index (χ1) is 18.8. The van der Waals surface area contributed by atoms with Crippen molar-refractivity contribution in [2.75, 3.05) is 51.5 Å². The summed E-state index contributed by atoms with van der Waals surface area (Å²) in [5, 5.41) is 16.7. The molecule has 1 atom stereocenters. The minimum absolute atomic E-state index is 0.280. The number of benzene rings is 1. The van der Waals surface area contributed by atoms with Crippen LogP contribution in [0, 0.1) is 0 Å². The fourth-order valence-electron chi connectivity index (χ4n) is 5.14. The molecule has 0 radical (unpaired) electrons. The van der Waals surface area contributed by atoms with Crippen LogP contribution in [0.1, 0.15) is 51.0 Å². The molecule has 0 amide bonds. The van der Waals surface area contributed by atoms with Gasteiger partial charge in [0.05, 0.1) is 5.60 Å². The highest BCUT2D eigenvalue weighted by atomic mass is 16.3. The number of aliphatic hydroxyl groups is 1. The molecule has 4 heterocycles.